The molecule has 0 saturated heterocycles. The van der Waals surface area contributed by atoms with Crippen LogP contribution < -0.4 is 5.73 Å². The summed E-state index contributed by atoms with van der Waals surface area (Å²) in [6.45, 7) is 2.21. The molecule has 0 bridgehead atoms. The summed E-state index contributed by atoms with van der Waals surface area (Å²) in [5.74, 6) is 1.51. The van der Waals surface area contributed by atoms with Crippen molar-refractivity contribution in [3.05, 3.63) is 22.7 Å². The molecule has 1 fully saturated rings. The van der Waals surface area contributed by atoms with Crippen LogP contribution in [0.4, 0.5) is 5.69 Å². The van der Waals surface area contributed by atoms with Crippen LogP contribution in [-0.2, 0) is 0 Å². The first kappa shape index (κ1) is 12.6. The van der Waals surface area contributed by atoms with Crippen molar-refractivity contribution >= 4 is 21.6 Å². The molecule has 5 nitrogen and oxygen atoms in total. The Kier molecular flexibility index (Phi) is 3.26. The van der Waals surface area contributed by atoms with Crippen LogP contribution in [0, 0.1) is 5.92 Å². The molecule has 2 N–H and O–H groups in total. The van der Waals surface area contributed by atoms with Crippen LogP contribution in [0.15, 0.2) is 22.7 Å². The molecule has 0 spiro atoms. The van der Waals surface area contributed by atoms with E-state index in [4.69, 9.17) is 5.73 Å². The molecule has 1 saturated carbocycles. The van der Waals surface area contributed by atoms with Gasteiger partial charge < -0.3 is 5.73 Å². The lowest BCUT2D eigenvalue weighted by molar-refractivity contribution is 0.548. The predicted molar refractivity (Wildman–Crippen MR) is 77.4 cm³/mol. The summed E-state index contributed by atoms with van der Waals surface area (Å²) in [6, 6.07) is 6.21. The Labute approximate surface area is 120 Å². The third-order valence-corrected chi connectivity index (χ3v) is 4.51. The van der Waals surface area contributed by atoms with Gasteiger partial charge in [-0.15, -0.1) is 5.10 Å². The van der Waals surface area contributed by atoms with Crippen molar-refractivity contribution in [1.82, 2.24) is 20.2 Å². The third kappa shape index (κ3) is 2.25. The largest absolute Gasteiger partial charge is 0.398 e. The van der Waals surface area contributed by atoms with Crippen molar-refractivity contribution in [2.24, 2.45) is 5.92 Å². The molecule has 2 unspecified atom stereocenters. The summed E-state index contributed by atoms with van der Waals surface area (Å²) in [5.41, 5.74) is 7.57. The number of nitrogens with two attached hydrogens (primary N) is 1. The summed E-state index contributed by atoms with van der Waals surface area (Å²) in [7, 11) is 0. The molecule has 1 aliphatic carbocycles. The summed E-state index contributed by atoms with van der Waals surface area (Å²) in [4.78, 5) is 0. The molecule has 1 heterocycles. The fraction of sp³-hybridized carbons (Fsp3) is 0.462. The van der Waals surface area contributed by atoms with Gasteiger partial charge in [-0.3, -0.25) is 0 Å². The molecule has 1 aromatic carbocycles. The quantitative estimate of drug-likeness (QED) is 0.879. The lowest BCUT2D eigenvalue weighted by Crippen LogP contribution is -2.03. The highest BCUT2D eigenvalue weighted by atomic mass is 79.9. The zero-order valence-electron chi connectivity index (χ0n) is 10.8. The average Bonchev–Trinajstić information content (AvgIpc) is 2.99. The highest BCUT2D eigenvalue weighted by Crippen LogP contribution is 2.47. The molecule has 100 valence electrons. The van der Waals surface area contributed by atoms with Crippen molar-refractivity contribution in [1.29, 1.82) is 0 Å². The van der Waals surface area contributed by atoms with Gasteiger partial charge >= 0.3 is 0 Å². The maximum atomic E-state index is 5.92. The van der Waals surface area contributed by atoms with E-state index in [0.29, 0.717) is 17.6 Å². The highest BCUT2D eigenvalue weighted by molar-refractivity contribution is 9.10. The average molecular weight is 322 g/mol. The fourth-order valence-corrected chi connectivity index (χ4v) is 2.97. The molecular formula is C13H16BrN5. The molecule has 3 rings (SSSR count). The molecule has 0 aliphatic heterocycles. The Balaban J connectivity index is 1.95. The Morgan fingerprint density at radius 2 is 2.32 bits per heavy atom. The molecule has 2 atom stereocenters. The van der Waals surface area contributed by atoms with Gasteiger partial charge in [-0.25, -0.2) is 4.68 Å². The molecule has 1 aromatic heterocycles. The van der Waals surface area contributed by atoms with E-state index in [1.54, 1.807) is 0 Å². The summed E-state index contributed by atoms with van der Waals surface area (Å²) in [5, 5.41) is 12.1. The number of halogens is 1. The molecule has 2 aromatic rings. The van der Waals surface area contributed by atoms with Crippen molar-refractivity contribution in [3.63, 3.8) is 0 Å². The van der Waals surface area contributed by atoms with E-state index < -0.39 is 0 Å². The first-order valence-electron chi connectivity index (χ1n) is 6.54. The molecule has 6 heteroatoms. The van der Waals surface area contributed by atoms with Gasteiger partial charge in [-0.2, -0.15) is 0 Å². The van der Waals surface area contributed by atoms with E-state index in [0.717, 1.165) is 15.9 Å². The molecular weight excluding hydrogens is 306 g/mol. The number of hydrogen-bond donors (Lipinski definition) is 1. The second-order valence-electron chi connectivity index (χ2n) is 5.01. The molecule has 0 radical (unpaired) electrons. The number of nitrogen functional groups attached to an aromatic ring is 1. The van der Waals surface area contributed by atoms with E-state index in [2.05, 4.69) is 38.4 Å². The highest BCUT2D eigenvalue weighted by Gasteiger charge is 2.40. The number of anilines is 1. The minimum Gasteiger partial charge on any atom is -0.398 e. The van der Waals surface area contributed by atoms with Crippen LogP contribution in [0.25, 0.3) is 11.4 Å². The zero-order valence-corrected chi connectivity index (χ0v) is 12.3. The monoisotopic (exact) mass is 321 g/mol. The number of aromatic nitrogens is 4. The van der Waals surface area contributed by atoms with Crippen LogP contribution in [0.2, 0.25) is 0 Å². The van der Waals surface area contributed by atoms with Gasteiger partial charge in [0.15, 0.2) is 5.82 Å². The molecule has 0 amide bonds. The lowest BCUT2D eigenvalue weighted by Gasteiger charge is -2.07. The van der Waals surface area contributed by atoms with Gasteiger partial charge in [0.25, 0.3) is 0 Å². The van der Waals surface area contributed by atoms with Gasteiger partial charge in [-0.1, -0.05) is 19.4 Å². The minimum absolute atomic E-state index is 0.443. The molecule has 1 aliphatic rings. The second-order valence-corrected chi connectivity index (χ2v) is 5.80. The maximum Gasteiger partial charge on any atom is 0.183 e. The SMILES string of the molecule is CCCC1CC1n1nnnc1-c1cccc(N)c1Br. The molecule has 19 heavy (non-hydrogen) atoms. The summed E-state index contributed by atoms with van der Waals surface area (Å²) < 4.78 is 2.80. The van der Waals surface area contributed by atoms with Crippen LogP contribution in [0.5, 0.6) is 0 Å². The Bertz CT molecular complexity index is 594. The lowest BCUT2D eigenvalue weighted by atomic mass is 10.2. The van der Waals surface area contributed by atoms with Crippen LogP contribution in [0.3, 0.4) is 0 Å². The number of benzene rings is 1. The summed E-state index contributed by atoms with van der Waals surface area (Å²) in [6.07, 6.45) is 3.62. The van der Waals surface area contributed by atoms with E-state index in [-0.39, 0.29) is 0 Å². The Morgan fingerprint density at radius 3 is 3.11 bits per heavy atom. The van der Waals surface area contributed by atoms with Crippen molar-refractivity contribution in [2.45, 2.75) is 32.2 Å². The third-order valence-electron chi connectivity index (χ3n) is 3.62. The normalized spacial score (nSPS) is 21.6. The minimum atomic E-state index is 0.443. The van der Waals surface area contributed by atoms with Gasteiger partial charge in [0, 0.05) is 11.3 Å². The number of rotatable bonds is 4. The second kappa shape index (κ2) is 4.92. The van der Waals surface area contributed by atoms with Crippen LogP contribution in [0.1, 0.15) is 32.2 Å². The number of tetrazole rings is 1. The van der Waals surface area contributed by atoms with Gasteiger partial charge in [0.2, 0.25) is 0 Å². The Morgan fingerprint density at radius 1 is 1.47 bits per heavy atom. The van der Waals surface area contributed by atoms with E-state index in [1.165, 1.54) is 19.3 Å². The predicted octanol–water partition coefficient (Wildman–Crippen LogP) is 3.05. The number of hydrogen-bond acceptors (Lipinski definition) is 4. The van der Waals surface area contributed by atoms with Crippen molar-refractivity contribution in [2.75, 3.05) is 5.73 Å². The van der Waals surface area contributed by atoms with E-state index >= 15 is 0 Å². The maximum absolute atomic E-state index is 5.92. The summed E-state index contributed by atoms with van der Waals surface area (Å²) >= 11 is 3.52. The van der Waals surface area contributed by atoms with E-state index in [1.807, 2.05) is 22.9 Å². The van der Waals surface area contributed by atoms with Gasteiger partial charge in [0.05, 0.1) is 10.5 Å². The number of nitrogens with zero attached hydrogens (tertiary/aromatic N) is 4. The fourth-order valence-electron chi connectivity index (χ4n) is 2.53. The standard InChI is InChI=1S/C13H16BrN5/c1-2-4-8-7-11(8)19-13(16-17-18-19)9-5-3-6-10(15)12(9)14/h3,5-6,8,11H,2,4,7,15H2,1H3. The smallest absolute Gasteiger partial charge is 0.183 e. The topological polar surface area (TPSA) is 69.6 Å². The van der Waals surface area contributed by atoms with Gasteiger partial charge in [-0.05, 0) is 57.2 Å². The van der Waals surface area contributed by atoms with Crippen LogP contribution >= 0.6 is 15.9 Å². The first-order chi connectivity index (χ1) is 9.22. The van der Waals surface area contributed by atoms with Crippen molar-refractivity contribution in [3.8, 4) is 11.4 Å². The van der Waals surface area contributed by atoms with Crippen LogP contribution in [-0.4, -0.2) is 20.2 Å². The van der Waals surface area contributed by atoms with E-state index in [9.17, 15) is 0 Å². The zero-order chi connectivity index (χ0) is 13.4. The first-order valence-corrected chi connectivity index (χ1v) is 7.34. The van der Waals surface area contributed by atoms with Gasteiger partial charge in [0.1, 0.15) is 0 Å². The Hall–Kier alpha value is -1.43. The van der Waals surface area contributed by atoms with Crippen molar-refractivity contribution < 1.29 is 0 Å².